The van der Waals surface area contributed by atoms with E-state index in [0.717, 1.165) is 6.08 Å². The lowest BCUT2D eigenvalue weighted by Crippen LogP contribution is -2.50. The van der Waals surface area contributed by atoms with Crippen LogP contribution in [0.4, 0.5) is 0 Å². The molecule has 25 heavy (non-hydrogen) atoms. The Morgan fingerprint density at radius 1 is 1.28 bits per heavy atom. The molecule has 0 spiro atoms. The van der Waals surface area contributed by atoms with E-state index in [-0.39, 0.29) is 35.2 Å². The minimum Gasteiger partial charge on any atom is -0.545 e. The zero-order valence-electron chi connectivity index (χ0n) is 15.1. The minimum absolute atomic E-state index is 0.00729. The van der Waals surface area contributed by atoms with Gasteiger partial charge in [-0.2, -0.15) is 0 Å². The van der Waals surface area contributed by atoms with E-state index in [1.807, 2.05) is 0 Å². The Morgan fingerprint density at radius 2 is 1.80 bits per heavy atom. The number of phosphoric ester groups is 1. The van der Waals surface area contributed by atoms with Gasteiger partial charge in [0.25, 0.3) is 0 Å². The predicted molar refractivity (Wildman–Crippen MR) is 87.9 cm³/mol. The maximum Gasteiger partial charge on any atom is 0.470 e. The summed E-state index contributed by atoms with van der Waals surface area (Å²) >= 11 is 0. The fourth-order valence-electron chi connectivity index (χ4n) is 2.23. The maximum atomic E-state index is 11.5. The molecule has 0 radical (unpaired) electrons. The van der Waals surface area contributed by atoms with Crippen LogP contribution in [0.5, 0.6) is 0 Å². The Morgan fingerprint density at radius 3 is 2.16 bits per heavy atom. The second-order valence-corrected chi connectivity index (χ2v) is 8.04. The molecule has 0 aliphatic rings. The lowest BCUT2D eigenvalue weighted by atomic mass is 9.95. The molecule has 0 amide bonds. The van der Waals surface area contributed by atoms with Gasteiger partial charge < -0.3 is 28.9 Å². The smallest absolute Gasteiger partial charge is 0.470 e. The number of rotatable bonds is 10. The van der Waals surface area contributed by atoms with Gasteiger partial charge in [-0.25, -0.2) is 9.36 Å². The third-order valence-electron chi connectivity index (χ3n) is 2.95. The van der Waals surface area contributed by atoms with Crippen molar-refractivity contribution < 1.29 is 42.8 Å². The van der Waals surface area contributed by atoms with Gasteiger partial charge in [-0.3, -0.25) is 4.52 Å². The highest BCUT2D eigenvalue weighted by atomic mass is 31.2. The van der Waals surface area contributed by atoms with Gasteiger partial charge in [0.2, 0.25) is 0 Å². The van der Waals surface area contributed by atoms with Crippen molar-refractivity contribution in [2.24, 2.45) is 0 Å². The van der Waals surface area contributed by atoms with Gasteiger partial charge in [0.15, 0.2) is 5.60 Å². The van der Waals surface area contributed by atoms with E-state index in [9.17, 15) is 29.0 Å². The molecule has 0 aliphatic heterocycles. The Hall–Kier alpha value is -1.51. The summed E-state index contributed by atoms with van der Waals surface area (Å²) in [6.45, 7) is 5.87. The Labute approximate surface area is 147 Å². The number of aliphatic carboxylic acids is 1. The third-order valence-corrected chi connectivity index (χ3v) is 3.55. The third kappa shape index (κ3) is 10.2. The molecule has 0 fully saturated rings. The van der Waals surface area contributed by atoms with Crippen molar-refractivity contribution in [3.05, 3.63) is 23.8 Å². The minimum atomic E-state index is -4.97. The van der Waals surface area contributed by atoms with Gasteiger partial charge in [0, 0.05) is 12.0 Å². The zero-order chi connectivity index (χ0) is 20.1. The van der Waals surface area contributed by atoms with Crippen LogP contribution in [-0.4, -0.2) is 66.1 Å². The normalized spacial score (nSPS) is 15.4. The molecule has 0 rings (SSSR count). The number of hydrogen-bond donors (Lipinski definition) is 2. The molecule has 0 saturated carbocycles. The molecule has 0 aliphatic carbocycles. The molecule has 1 atom stereocenters. The van der Waals surface area contributed by atoms with E-state index < -0.39 is 25.4 Å². The van der Waals surface area contributed by atoms with Crippen LogP contribution in [0, 0.1) is 0 Å². The summed E-state index contributed by atoms with van der Waals surface area (Å²) in [5.41, 5.74) is -1.78. The number of carbonyl (C=O) groups is 2. The number of carboxylic acid groups (broad SMARTS) is 1. The van der Waals surface area contributed by atoms with E-state index >= 15 is 0 Å². The molecule has 1 unspecified atom stereocenters. The van der Waals surface area contributed by atoms with E-state index in [2.05, 4.69) is 6.58 Å². The number of likely N-dealkylation sites (N-methyl/N-ethyl adjacent to an activating group) is 1. The lowest BCUT2D eigenvalue weighted by Gasteiger charge is -2.37. The number of carboxylic acids is 1. The topological polar surface area (TPSA) is 133 Å². The molecule has 2 N–H and O–H groups in total. The van der Waals surface area contributed by atoms with Crippen molar-refractivity contribution in [2.75, 3.05) is 34.3 Å². The van der Waals surface area contributed by atoms with Crippen LogP contribution in [0.2, 0.25) is 0 Å². The molecule has 0 aromatic rings. The van der Waals surface area contributed by atoms with Crippen LogP contribution in [-0.2, 0) is 23.4 Å². The predicted octanol–water partition coefficient (Wildman–Crippen LogP) is -0.254. The molecular weight excluding hydrogens is 353 g/mol. The van der Waals surface area contributed by atoms with Crippen molar-refractivity contribution in [1.82, 2.24) is 0 Å². The fourth-order valence-corrected chi connectivity index (χ4v) is 2.91. The van der Waals surface area contributed by atoms with E-state index in [1.165, 1.54) is 13.8 Å². The number of hydrogen-bond acceptors (Lipinski definition) is 6. The highest BCUT2D eigenvalue weighted by Gasteiger charge is 2.41. The molecule has 144 valence electrons. The summed E-state index contributed by atoms with van der Waals surface area (Å²) in [5, 5.41) is 11.0. The van der Waals surface area contributed by atoms with Gasteiger partial charge in [-0.15, -0.1) is 0 Å². The first-order chi connectivity index (χ1) is 11.1. The van der Waals surface area contributed by atoms with Crippen LogP contribution in [0.1, 0.15) is 20.3 Å². The largest absolute Gasteiger partial charge is 0.545 e. The number of nitrogens with zero attached hydrogens (tertiary/aromatic N) is 1. The van der Waals surface area contributed by atoms with E-state index in [1.54, 1.807) is 21.1 Å². The molecule has 0 aromatic carbocycles. The summed E-state index contributed by atoms with van der Waals surface area (Å²) in [7, 11) is 0.239. The quantitative estimate of drug-likeness (QED) is 0.230. The number of carbonyl (C=O) groups excluding carboxylic acids is 2. The molecule has 10 heteroatoms. The number of esters is 1. The number of quaternary nitrogens is 1. The van der Waals surface area contributed by atoms with Crippen LogP contribution in [0.3, 0.4) is 0 Å². The van der Waals surface area contributed by atoms with E-state index in [0.29, 0.717) is 0 Å². The van der Waals surface area contributed by atoms with Gasteiger partial charge in [-0.1, -0.05) is 6.58 Å². The lowest BCUT2D eigenvalue weighted by molar-refractivity contribution is -0.875. The van der Waals surface area contributed by atoms with Gasteiger partial charge in [0.05, 0.1) is 33.7 Å². The summed E-state index contributed by atoms with van der Waals surface area (Å²) in [5.74, 6) is -2.17. The zero-order valence-corrected chi connectivity index (χ0v) is 16.0. The van der Waals surface area contributed by atoms with Crippen molar-refractivity contribution in [3.8, 4) is 0 Å². The van der Waals surface area contributed by atoms with Crippen molar-refractivity contribution in [1.29, 1.82) is 0 Å². The average Bonchev–Trinajstić information content (AvgIpc) is 2.33. The summed E-state index contributed by atoms with van der Waals surface area (Å²) in [6.07, 6.45) is 0.913. The van der Waals surface area contributed by atoms with Gasteiger partial charge in [-0.05, 0) is 25.5 Å². The fraction of sp³-hybridized carbons (Fsp3) is 0.600. The van der Waals surface area contributed by atoms with Gasteiger partial charge >= 0.3 is 13.8 Å². The van der Waals surface area contributed by atoms with Crippen LogP contribution < -0.4 is 5.11 Å². The number of ether oxygens (including phenoxy) is 1. The average molecular weight is 379 g/mol. The first-order valence-corrected chi connectivity index (χ1v) is 8.90. The maximum absolute atomic E-state index is 11.5. The Bertz CT molecular complexity index is 601. The SMILES string of the molecule is C=C(C)C(=O)OCCC(C=C(C)C(=O)[O-])(C[N+](C)(C)C)OP(=O)(O)O. The molecule has 0 bridgehead atoms. The Kier molecular flexibility index (Phi) is 8.20. The van der Waals surface area contributed by atoms with Gasteiger partial charge in [0.1, 0.15) is 6.54 Å². The molecule has 9 nitrogen and oxygen atoms in total. The first kappa shape index (κ1) is 23.5. The Balaban J connectivity index is 5.78. The summed E-state index contributed by atoms with van der Waals surface area (Å²) in [4.78, 5) is 41.1. The van der Waals surface area contributed by atoms with Crippen molar-refractivity contribution in [2.45, 2.75) is 25.9 Å². The molecule has 0 aromatic heterocycles. The van der Waals surface area contributed by atoms with E-state index in [4.69, 9.17) is 9.26 Å². The van der Waals surface area contributed by atoms with Crippen LogP contribution in [0.15, 0.2) is 23.8 Å². The highest BCUT2D eigenvalue weighted by Crippen LogP contribution is 2.44. The van der Waals surface area contributed by atoms with Crippen molar-refractivity contribution >= 4 is 19.8 Å². The monoisotopic (exact) mass is 379 g/mol. The highest BCUT2D eigenvalue weighted by molar-refractivity contribution is 7.46. The van der Waals surface area contributed by atoms with Crippen LogP contribution >= 0.6 is 7.82 Å². The molecule has 0 saturated heterocycles. The molecule has 0 heterocycles. The summed E-state index contributed by atoms with van der Waals surface area (Å²) in [6, 6.07) is 0. The van der Waals surface area contributed by atoms with Crippen LogP contribution in [0.25, 0.3) is 0 Å². The summed E-state index contributed by atoms with van der Waals surface area (Å²) < 4.78 is 21.5. The number of phosphoric acid groups is 1. The second-order valence-electron chi connectivity index (χ2n) is 6.88. The second kappa shape index (κ2) is 8.73. The standard InChI is InChI=1S/C15H26NO8P/c1-11(2)14(19)23-8-7-15(10-16(4,5)6,24-25(20,21)22)9-12(3)13(17)18/h9H,1,7-8,10H2,2-6H3,(H2-,17,18,20,21,22). The van der Waals surface area contributed by atoms with Crippen molar-refractivity contribution in [3.63, 3.8) is 0 Å². The first-order valence-electron chi connectivity index (χ1n) is 7.37. The molecular formula is C15H26NO8P.